The Hall–Kier alpha value is -4.18. The number of nitrogens with zero attached hydrogens (tertiary/aromatic N) is 5. The lowest BCUT2D eigenvalue weighted by Crippen LogP contribution is -2.49. The molecule has 3 aromatic heterocycles. The summed E-state index contributed by atoms with van der Waals surface area (Å²) in [7, 11) is 0. The number of pyridine rings is 1. The van der Waals surface area contributed by atoms with Crippen molar-refractivity contribution in [3.05, 3.63) is 60.3 Å². The summed E-state index contributed by atoms with van der Waals surface area (Å²) in [4.78, 5) is 39.5. The maximum Gasteiger partial charge on any atom is 0.271 e. The third-order valence-electron chi connectivity index (χ3n) is 8.62. The molecule has 4 aromatic rings. The van der Waals surface area contributed by atoms with Gasteiger partial charge in [0, 0.05) is 40.0 Å². The first kappa shape index (κ1) is 24.8. The minimum absolute atomic E-state index is 0.113. The predicted molar refractivity (Wildman–Crippen MR) is 159 cm³/mol. The Balaban J connectivity index is 1.32. The molecule has 0 spiro atoms. The van der Waals surface area contributed by atoms with Crippen molar-refractivity contribution in [1.82, 2.24) is 33.3 Å². The Morgan fingerprint density at radius 2 is 1.98 bits per heavy atom. The van der Waals surface area contributed by atoms with Gasteiger partial charge in [0.15, 0.2) is 0 Å². The van der Waals surface area contributed by atoms with Gasteiger partial charge < -0.3 is 20.9 Å². The van der Waals surface area contributed by atoms with Gasteiger partial charge in [0.2, 0.25) is 0 Å². The molecule has 1 aliphatic heterocycles. The summed E-state index contributed by atoms with van der Waals surface area (Å²) in [6.45, 7) is 0.361. The number of para-hydroxylation sites is 1. The van der Waals surface area contributed by atoms with Crippen LogP contribution < -0.4 is 16.4 Å². The summed E-state index contributed by atoms with van der Waals surface area (Å²) in [5.74, 6) is 2.65. The molecule has 7 rings (SSSR count). The van der Waals surface area contributed by atoms with Crippen LogP contribution in [-0.4, -0.2) is 46.7 Å². The molecule has 4 heterocycles. The van der Waals surface area contributed by atoms with E-state index in [2.05, 4.69) is 37.2 Å². The SMILES string of the molecule is C#Cc1c(-c2cnc3ccccc3c2)c2c(N)ncnc2n1C12CCC(NC(=O)C3=CNCN(I)C3=O)(CC1)C2. The topological polar surface area (TPSA) is 131 Å². The lowest BCUT2D eigenvalue weighted by molar-refractivity contribution is -0.127. The van der Waals surface area contributed by atoms with E-state index in [1.54, 1.807) is 0 Å². The maximum absolute atomic E-state index is 13.3. The summed E-state index contributed by atoms with van der Waals surface area (Å²) >= 11 is 1.91. The zero-order valence-corrected chi connectivity index (χ0v) is 23.6. The smallest absolute Gasteiger partial charge is 0.271 e. The highest BCUT2D eigenvalue weighted by molar-refractivity contribution is 14.1. The Kier molecular flexibility index (Phi) is 5.54. The van der Waals surface area contributed by atoms with Gasteiger partial charge in [0.1, 0.15) is 29.1 Å². The minimum atomic E-state index is -0.447. The summed E-state index contributed by atoms with van der Waals surface area (Å²) in [5.41, 5.74) is 9.67. The van der Waals surface area contributed by atoms with Crippen LogP contribution in [0, 0.1) is 12.3 Å². The highest BCUT2D eigenvalue weighted by Crippen LogP contribution is 2.57. The van der Waals surface area contributed by atoms with Crippen molar-refractivity contribution in [1.29, 1.82) is 0 Å². The number of fused-ring (bicyclic) bond motifs is 4. The van der Waals surface area contributed by atoms with Crippen LogP contribution in [0.25, 0.3) is 33.1 Å². The average molecular weight is 644 g/mol. The Labute approximate surface area is 243 Å². The van der Waals surface area contributed by atoms with Crippen LogP contribution in [0.1, 0.15) is 37.8 Å². The summed E-state index contributed by atoms with van der Waals surface area (Å²) < 4.78 is 3.61. The van der Waals surface area contributed by atoms with Gasteiger partial charge in [-0.15, -0.1) is 6.42 Å². The quantitative estimate of drug-likeness (QED) is 0.135. The second kappa shape index (κ2) is 8.92. The van der Waals surface area contributed by atoms with Crippen molar-refractivity contribution in [2.24, 2.45) is 0 Å². The van der Waals surface area contributed by atoms with Gasteiger partial charge in [-0.3, -0.25) is 17.7 Å². The number of halogens is 1. The summed E-state index contributed by atoms with van der Waals surface area (Å²) in [6.07, 6.45) is 14.8. The molecule has 2 amide bonds. The maximum atomic E-state index is 13.3. The molecule has 0 radical (unpaired) electrons. The third-order valence-corrected chi connectivity index (χ3v) is 9.40. The van der Waals surface area contributed by atoms with Gasteiger partial charge in [0.05, 0.1) is 40.4 Å². The van der Waals surface area contributed by atoms with Crippen LogP contribution in [0.15, 0.2) is 54.6 Å². The van der Waals surface area contributed by atoms with Crippen LogP contribution in [0.4, 0.5) is 5.82 Å². The van der Waals surface area contributed by atoms with Crippen molar-refractivity contribution < 1.29 is 9.59 Å². The zero-order chi connectivity index (χ0) is 27.6. The number of carbonyl (C=O) groups excluding carboxylic acids is 2. The van der Waals surface area contributed by atoms with E-state index in [1.165, 1.54) is 15.6 Å². The van der Waals surface area contributed by atoms with Gasteiger partial charge in [0.25, 0.3) is 11.8 Å². The molecular formula is C29H25IN8O2. The fourth-order valence-corrected chi connectivity index (χ4v) is 7.29. The number of benzene rings is 1. The number of hydrogen-bond donors (Lipinski definition) is 3. The fraction of sp³-hybridized carbons (Fsp3) is 0.276. The lowest BCUT2D eigenvalue weighted by Gasteiger charge is -2.31. The largest absolute Gasteiger partial charge is 0.383 e. The molecule has 10 nitrogen and oxygen atoms in total. The van der Waals surface area contributed by atoms with Crippen molar-refractivity contribution in [2.75, 3.05) is 12.4 Å². The Bertz CT molecular complexity index is 1810. The molecule has 2 bridgehead atoms. The molecular weight excluding hydrogens is 619 g/mol. The van der Waals surface area contributed by atoms with Gasteiger partial charge in [-0.05, 0) is 44.2 Å². The number of hydrogen-bond acceptors (Lipinski definition) is 7. The minimum Gasteiger partial charge on any atom is -0.383 e. The Morgan fingerprint density at radius 3 is 2.77 bits per heavy atom. The standard InChI is InChI=1S/C29H25IN8O2/c1-2-21-22(18-11-17-5-3-4-6-20(17)33-12-18)23-24(31)34-15-35-25(23)38(21)29-9-7-28(14-29,8-10-29)36-26(39)19-13-32-16-37(30)27(19)40/h1,3-6,11-13,15,32H,7-10,14,16H2,(H,36,39)(H2,31,34,35). The molecule has 2 fully saturated rings. The van der Waals surface area contributed by atoms with Crippen LogP contribution in [0.3, 0.4) is 0 Å². The van der Waals surface area contributed by atoms with Crippen molar-refractivity contribution in [3.8, 4) is 23.5 Å². The van der Waals surface area contributed by atoms with Crippen molar-refractivity contribution in [2.45, 2.75) is 43.2 Å². The van der Waals surface area contributed by atoms with E-state index in [-0.39, 0.29) is 22.9 Å². The van der Waals surface area contributed by atoms with Crippen LogP contribution in [-0.2, 0) is 15.1 Å². The van der Waals surface area contributed by atoms with Crippen LogP contribution >= 0.6 is 22.9 Å². The van der Waals surface area contributed by atoms with Gasteiger partial charge in [-0.25, -0.2) is 9.97 Å². The number of nitrogen functional groups attached to an aromatic ring is 1. The highest BCUT2D eigenvalue weighted by atomic mass is 127. The number of anilines is 1. The lowest BCUT2D eigenvalue weighted by atomic mass is 9.90. The van der Waals surface area contributed by atoms with E-state index in [1.807, 2.05) is 53.3 Å². The molecule has 0 saturated heterocycles. The third kappa shape index (κ3) is 3.58. The number of carbonyl (C=O) groups is 2. The first-order chi connectivity index (χ1) is 19.3. The molecule has 2 saturated carbocycles. The predicted octanol–water partition coefficient (Wildman–Crippen LogP) is 3.36. The molecule has 2 aliphatic carbocycles. The fourth-order valence-electron chi connectivity index (χ4n) is 6.83. The van der Waals surface area contributed by atoms with Crippen LogP contribution in [0.2, 0.25) is 0 Å². The number of aromatic nitrogens is 4. The first-order valence-corrected chi connectivity index (χ1v) is 14.0. The molecule has 3 aliphatic rings. The molecule has 1 aromatic carbocycles. The number of nitrogens with one attached hydrogen (secondary N) is 2. The summed E-state index contributed by atoms with van der Waals surface area (Å²) in [5, 5.41) is 7.91. The normalized spacial score (nSPS) is 23.8. The van der Waals surface area contributed by atoms with E-state index >= 15 is 0 Å². The average Bonchev–Trinajstić information content (AvgIpc) is 3.63. The highest BCUT2D eigenvalue weighted by Gasteiger charge is 2.57. The number of amides is 2. The molecule has 11 heteroatoms. The van der Waals surface area contributed by atoms with E-state index in [0.29, 0.717) is 35.6 Å². The number of terminal acetylenes is 1. The Morgan fingerprint density at radius 1 is 1.18 bits per heavy atom. The molecule has 0 unspecified atom stereocenters. The van der Waals surface area contributed by atoms with Crippen molar-refractivity contribution >= 4 is 62.4 Å². The second-order valence-electron chi connectivity index (χ2n) is 10.8. The first-order valence-electron chi connectivity index (χ1n) is 13.1. The zero-order valence-electron chi connectivity index (χ0n) is 21.4. The van der Waals surface area contributed by atoms with Crippen molar-refractivity contribution in [3.63, 3.8) is 0 Å². The van der Waals surface area contributed by atoms with Gasteiger partial charge >= 0.3 is 0 Å². The van der Waals surface area contributed by atoms with E-state index in [9.17, 15) is 9.59 Å². The monoisotopic (exact) mass is 644 g/mol. The molecule has 4 N–H and O–H groups in total. The van der Waals surface area contributed by atoms with E-state index < -0.39 is 5.54 Å². The van der Waals surface area contributed by atoms with E-state index in [0.717, 1.165) is 47.7 Å². The molecule has 40 heavy (non-hydrogen) atoms. The second-order valence-corrected chi connectivity index (χ2v) is 12.0. The molecule has 200 valence electrons. The summed E-state index contributed by atoms with van der Waals surface area (Å²) in [6, 6.07) is 9.99. The van der Waals surface area contributed by atoms with E-state index in [4.69, 9.17) is 17.1 Å². The molecule has 0 atom stereocenters. The van der Waals surface area contributed by atoms with Gasteiger partial charge in [-0.1, -0.05) is 24.1 Å². The van der Waals surface area contributed by atoms with Gasteiger partial charge in [-0.2, -0.15) is 0 Å². The number of nitrogens with two attached hydrogens (primary N) is 1. The van der Waals surface area contributed by atoms with Crippen LogP contribution in [0.5, 0.6) is 0 Å². The number of rotatable bonds is 4.